The summed E-state index contributed by atoms with van der Waals surface area (Å²) < 4.78 is 5.22. The highest BCUT2D eigenvalue weighted by Crippen LogP contribution is 2.26. The maximum absolute atomic E-state index is 12.4. The molecule has 0 aliphatic heterocycles. The molecule has 0 bridgehead atoms. The molecule has 4 nitrogen and oxygen atoms in total. The number of hydrogen-bond acceptors (Lipinski definition) is 4. The van der Waals surface area contributed by atoms with Gasteiger partial charge in [-0.15, -0.1) is 11.8 Å². The number of nitrogens with one attached hydrogen (secondary N) is 1. The lowest BCUT2D eigenvalue weighted by atomic mass is 10.2. The number of rotatable bonds is 9. The first kappa shape index (κ1) is 17.6. The highest BCUT2D eigenvalue weighted by Gasteiger charge is 2.12. The third-order valence-corrected chi connectivity index (χ3v) is 4.59. The Morgan fingerprint density at radius 3 is 2.83 bits per heavy atom. The summed E-state index contributed by atoms with van der Waals surface area (Å²) >= 11 is 1.59. The molecule has 0 fully saturated rings. The van der Waals surface area contributed by atoms with Crippen molar-refractivity contribution in [2.75, 3.05) is 6.54 Å². The van der Waals surface area contributed by atoms with Gasteiger partial charge in [-0.05, 0) is 25.5 Å². The molecule has 0 aliphatic carbocycles. The summed E-state index contributed by atoms with van der Waals surface area (Å²) in [4.78, 5) is 13.3. The van der Waals surface area contributed by atoms with Crippen molar-refractivity contribution in [3.8, 4) is 0 Å². The van der Waals surface area contributed by atoms with Crippen molar-refractivity contribution in [3.05, 3.63) is 47.3 Å². The van der Waals surface area contributed by atoms with E-state index >= 15 is 0 Å². The van der Waals surface area contributed by atoms with Crippen LogP contribution < -0.4 is 5.32 Å². The molecule has 2 aromatic rings. The molecule has 1 amide bonds. The predicted molar refractivity (Wildman–Crippen MR) is 93.7 cm³/mol. The van der Waals surface area contributed by atoms with Crippen LogP contribution in [0.4, 0.5) is 0 Å². The fourth-order valence-electron chi connectivity index (χ4n) is 2.26. The third-order valence-electron chi connectivity index (χ3n) is 3.49. The fourth-order valence-corrected chi connectivity index (χ4v) is 3.19. The lowest BCUT2D eigenvalue weighted by Crippen LogP contribution is -2.24. The standard InChI is InChI=1S/C18H24N2O2S/c1-3-4-5-8-11-19-18(21)16-9-6-7-10-17(16)23-13-15-12-14(2)20-22-15/h6-7,9-10,12H,3-5,8,11,13H2,1-2H3,(H,19,21). The normalized spacial score (nSPS) is 10.7. The van der Waals surface area contributed by atoms with Crippen LogP contribution in [0.25, 0.3) is 0 Å². The largest absolute Gasteiger partial charge is 0.360 e. The number of benzene rings is 1. The molecule has 1 heterocycles. The Morgan fingerprint density at radius 2 is 2.09 bits per heavy atom. The van der Waals surface area contributed by atoms with Crippen LogP contribution >= 0.6 is 11.8 Å². The highest BCUT2D eigenvalue weighted by molar-refractivity contribution is 7.98. The summed E-state index contributed by atoms with van der Waals surface area (Å²) in [7, 11) is 0. The maximum atomic E-state index is 12.4. The van der Waals surface area contributed by atoms with E-state index in [4.69, 9.17) is 4.52 Å². The highest BCUT2D eigenvalue weighted by atomic mass is 32.2. The molecule has 5 heteroatoms. The molecule has 23 heavy (non-hydrogen) atoms. The minimum atomic E-state index is -0.00153. The molecular weight excluding hydrogens is 308 g/mol. The average molecular weight is 332 g/mol. The zero-order chi connectivity index (χ0) is 16.5. The second kappa shape index (κ2) is 9.40. The smallest absolute Gasteiger partial charge is 0.252 e. The summed E-state index contributed by atoms with van der Waals surface area (Å²) in [5.74, 6) is 1.49. The van der Waals surface area contributed by atoms with Crippen LogP contribution in [-0.4, -0.2) is 17.6 Å². The second-order valence-corrected chi connectivity index (χ2v) is 6.55. The van der Waals surface area contributed by atoms with Gasteiger partial charge in [0.25, 0.3) is 5.91 Å². The summed E-state index contributed by atoms with van der Waals surface area (Å²) in [6.07, 6.45) is 4.62. The number of amides is 1. The Morgan fingerprint density at radius 1 is 1.26 bits per heavy atom. The molecule has 0 unspecified atom stereocenters. The van der Waals surface area contributed by atoms with Crippen molar-refractivity contribution in [2.24, 2.45) is 0 Å². The van der Waals surface area contributed by atoms with Crippen LogP contribution in [0.1, 0.15) is 54.4 Å². The van der Waals surface area contributed by atoms with E-state index in [0.29, 0.717) is 5.75 Å². The van der Waals surface area contributed by atoms with E-state index in [1.807, 2.05) is 37.3 Å². The third kappa shape index (κ3) is 5.75. The number of thioether (sulfide) groups is 1. The van der Waals surface area contributed by atoms with Gasteiger partial charge in [0.05, 0.1) is 17.0 Å². The predicted octanol–water partition coefficient (Wildman–Crippen LogP) is 4.59. The molecule has 124 valence electrons. The van der Waals surface area contributed by atoms with Gasteiger partial charge in [0, 0.05) is 17.5 Å². The van der Waals surface area contributed by atoms with Gasteiger partial charge in [-0.25, -0.2) is 0 Å². The summed E-state index contributed by atoms with van der Waals surface area (Å²) in [5.41, 5.74) is 1.60. The Kier molecular flexibility index (Phi) is 7.20. The Bertz CT molecular complexity index is 625. The van der Waals surface area contributed by atoms with Crippen LogP contribution in [0.15, 0.2) is 39.8 Å². The van der Waals surface area contributed by atoms with Gasteiger partial charge in [-0.1, -0.05) is 43.5 Å². The van der Waals surface area contributed by atoms with Gasteiger partial charge < -0.3 is 9.84 Å². The van der Waals surface area contributed by atoms with E-state index in [1.54, 1.807) is 11.8 Å². The van der Waals surface area contributed by atoms with Crippen LogP contribution in [0.5, 0.6) is 0 Å². The van der Waals surface area contributed by atoms with Crippen molar-refractivity contribution < 1.29 is 9.32 Å². The van der Waals surface area contributed by atoms with Gasteiger partial charge >= 0.3 is 0 Å². The molecule has 0 saturated heterocycles. The van der Waals surface area contributed by atoms with Gasteiger partial charge in [-0.3, -0.25) is 4.79 Å². The molecular formula is C18H24N2O2S. The lowest BCUT2D eigenvalue weighted by molar-refractivity contribution is 0.0950. The fraction of sp³-hybridized carbons (Fsp3) is 0.444. The zero-order valence-electron chi connectivity index (χ0n) is 13.8. The summed E-state index contributed by atoms with van der Waals surface area (Å²) in [5, 5.41) is 6.90. The number of hydrogen-bond donors (Lipinski definition) is 1. The van der Waals surface area contributed by atoms with Crippen molar-refractivity contribution in [2.45, 2.75) is 50.2 Å². The molecule has 2 rings (SSSR count). The average Bonchev–Trinajstić information content (AvgIpc) is 2.98. The van der Waals surface area contributed by atoms with E-state index < -0.39 is 0 Å². The molecule has 0 aliphatic rings. The summed E-state index contributed by atoms with van der Waals surface area (Å²) in [6.45, 7) is 4.82. The van der Waals surface area contributed by atoms with E-state index in [-0.39, 0.29) is 5.91 Å². The quantitative estimate of drug-likeness (QED) is 0.539. The molecule has 0 spiro atoms. The maximum Gasteiger partial charge on any atom is 0.252 e. The van der Waals surface area contributed by atoms with E-state index in [2.05, 4.69) is 17.4 Å². The summed E-state index contributed by atoms with van der Waals surface area (Å²) in [6, 6.07) is 9.61. The van der Waals surface area contributed by atoms with E-state index in [0.717, 1.165) is 41.3 Å². The number of carbonyl (C=O) groups excluding carboxylic acids is 1. The van der Waals surface area contributed by atoms with Crippen LogP contribution in [-0.2, 0) is 5.75 Å². The van der Waals surface area contributed by atoms with E-state index in [9.17, 15) is 4.79 Å². The van der Waals surface area contributed by atoms with Crippen molar-refractivity contribution in [1.82, 2.24) is 10.5 Å². The minimum absolute atomic E-state index is 0.00153. The van der Waals surface area contributed by atoms with Crippen molar-refractivity contribution >= 4 is 17.7 Å². The second-order valence-electron chi connectivity index (χ2n) is 5.54. The van der Waals surface area contributed by atoms with Crippen LogP contribution in [0.2, 0.25) is 0 Å². The van der Waals surface area contributed by atoms with Crippen molar-refractivity contribution in [1.29, 1.82) is 0 Å². The van der Waals surface area contributed by atoms with Gasteiger partial charge in [0.15, 0.2) is 0 Å². The molecule has 0 atom stereocenters. The van der Waals surface area contributed by atoms with Crippen LogP contribution in [0.3, 0.4) is 0 Å². The lowest BCUT2D eigenvalue weighted by Gasteiger charge is -2.09. The topological polar surface area (TPSA) is 55.1 Å². The number of aryl methyl sites for hydroxylation is 1. The van der Waals surface area contributed by atoms with Crippen LogP contribution in [0, 0.1) is 6.92 Å². The molecule has 0 radical (unpaired) electrons. The van der Waals surface area contributed by atoms with E-state index in [1.165, 1.54) is 12.8 Å². The van der Waals surface area contributed by atoms with Gasteiger partial charge in [0.2, 0.25) is 0 Å². The first-order valence-corrected chi connectivity index (χ1v) is 9.11. The molecule has 1 aromatic heterocycles. The first-order valence-electron chi connectivity index (χ1n) is 8.13. The monoisotopic (exact) mass is 332 g/mol. The zero-order valence-corrected chi connectivity index (χ0v) is 14.6. The minimum Gasteiger partial charge on any atom is -0.360 e. The SMILES string of the molecule is CCCCCCNC(=O)c1ccccc1SCc1cc(C)no1. The molecule has 0 saturated carbocycles. The van der Waals surface area contributed by atoms with Gasteiger partial charge in [-0.2, -0.15) is 0 Å². The Hall–Kier alpha value is -1.75. The van der Waals surface area contributed by atoms with Crippen molar-refractivity contribution in [3.63, 3.8) is 0 Å². The number of carbonyl (C=O) groups is 1. The first-order chi connectivity index (χ1) is 11.2. The molecule has 1 aromatic carbocycles. The van der Waals surface area contributed by atoms with Gasteiger partial charge in [0.1, 0.15) is 5.76 Å². The number of unbranched alkanes of at least 4 members (excludes halogenated alkanes) is 3. The Balaban J connectivity index is 1.89. The molecule has 1 N–H and O–H groups in total. The number of aromatic nitrogens is 1. The number of nitrogens with zero attached hydrogens (tertiary/aromatic N) is 1. The Labute approximate surface area is 142 Å².